The van der Waals surface area contributed by atoms with Crippen LogP contribution in [0.4, 0.5) is 0 Å². The standard InChI is InChI=1S/C9H16N2O5S/c1-2-5-17(15,16)11-4-3-10-9(14)7(11)6-8(12)13/h7H,2-6H2,1H3,(H,10,14)(H,12,13). The lowest BCUT2D eigenvalue weighted by Crippen LogP contribution is -2.58. The minimum absolute atomic E-state index is 0.0730. The molecule has 2 N–H and O–H groups in total. The summed E-state index contributed by atoms with van der Waals surface area (Å²) in [7, 11) is -3.55. The van der Waals surface area contributed by atoms with Crippen LogP contribution in [0.25, 0.3) is 0 Å². The molecule has 0 spiro atoms. The maximum absolute atomic E-state index is 11.9. The molecule has 0 aliphatic carbocycles. The lowest BCUT2D eigenvalue weighted by atomic mass is 10.1. The van der Waals surface area contributed by atoms with Crippen LogP contribution in [0.3, 0.4) is 0 Å². The summed E-state index contributed by atoms with van der Waals surface area (Å²) in [6, 6.07) is -1.13. The second kappa shape index (κ2) is 5.46. The number of piperazine rings is 1. The third kappa shape index (κ3) is 3.40. The van der Waals surface area contributed by atoms with E-state index in [1.165, 1.54) is 0 Å². The van der Waals surface area contributed by atoms with Gasteiger partial charge in [0.15, 0.2) is 0 Å². The van der Waals surface area contributed by atoms with Gasteiger partial charge in [-0.25, -0.2) is 8.42 Å². The normalized spacial score (nSPS) is 22.2. The van der Waals surface area contributed by atoms with Gasteiger partial charge < -0.3 is 10.4 Å². The summed E-state index contributed by atoms with van der Waals surface area (Å²) < 4.78 is 24.8. The van der Waals surface area contributed by atoms with E-state index in [1.54, 1.807) is 6.92 Å². The number of hydrogen-bond acceptors (Lipinski definition) is 4. The molecule has 8 heteroatoms. The van der Waals surface area contributed by atoms with Crippen molar-refractivity contribution in [1.29, 1.82) is 0 Å². The third-order valence-corrected chi connectivity index (χ3v) is 4.54. The first-order valence-corrected chi connectivity index (χ1v) is 6.98. The van der Waals surface area contributed by atoms with Gasteiger partial charge in [-0.1, -0.05) is 6.92 Å². The van der Waals surface area contributed by atoms with Crippen molar-refractivity contribution in [2.75, 3.05) is 18.8 Å². The number of sulfonamides is 1. The molecule has 1 fully saturated rings. The van der Waals surface area contributed by atoms with Crippen molar-refractivity contribution in [3.05, 3.63) is 0 Å². The van der Waals surface area contributed by atoms with Crippen LogP contribution in [0.1, 0.15) is 19.8 Å². The van der Waals surface area contributed by atoms with Crippen LogP contribution >= 0.6 is 0 Å². The van der Waals surface area contributed by atoms with Crippen LogP contribution in [-0.2, 0) is 19.6 Å². The number of carboxylic acids is 1. The van der Waals surface area contributed by atoms with Crippen molar-refractivity contribution in [3.8, 4) is 0 Å². The third-order valence-electron chi connectivity index (χ3n) is 2.47. The highest BCUT2D eigenvalue weighted by atomic mass is 32.2. The van der Waals surface area contributed by atoms with Crippen molar-refractivity contribution in [2.45, 2.75) is 25.8 Å². The lowest BCUT2D eigenvalue weighted by Gasteiger charge is -2.33. The van der Waals surface area contributed by atoms with Gasteiger partial charge in [0.05, 0.1) is 12.2 Å². The molecule has 1 unspecified atom stereocenters. The van der Waals surface area contributed by atoms with E-state index in [1.807, 2.05) is 0 Å². The Morgan fingerprint density at radius 3 is 2.76 bits per heavy atom. The fourth-order valence-electron chi connectivity index (χ4n) is 1.76. The summed E-state index contributed by atoms with van der Waals surface area (Å²) in [6.07, 6.45) is -0.0744. The van der Waals surface area contributed by atoms with Crippen LogP contribution in [0.2, 0.25) is 0 Å². The molecule has 0 aromatic heterocycles. The summed E-state index contributed by atoms with van der Waals surface area (Å²) in [5, 5.41) is 11.2. The van der Waals surface area contributed by atoms with E-state index in [0.717, 1.165) is 4.31 Å². The van der Waals surface area contributed by atoms with Crippen molar-refractivity contribution < 1.29 is 23.1 Å². The molecule has 1 saturated heterocycles. The maximum Gasteiger partial charge on any atom is 0.305 e. The minimum Gasteiger partial charge on any atom is -0.481 e. The maximum atomic E-state index is 11.9. The fraction of sp³-hybridized carbons (Fsp3) is 0.778. The number of hydrogen-bond donors (Lipinski definition) is 2. The second-order valence-corrected chi connectivity index (χ2v) is 5.87. The van der Waals surface area contributed by atoms with E-state index in [-0.39, 0.29) is 18.8 Å². The molecule has 98 valence electrons. The number of rotatable bonds is 5. The van der Waals surface area contributed by atoms with Gasteiger partial charge >= 0.3 is 5.97 Å². The molecule has 1 rings (SSSR count). The van der Waals surface area contributed by atoms with Gasteiger partial charge in [0.1, 0.15) is 6.04 Å². The number of aliphatic carboxylic acids is 1. The number of nitrogens with one attached hydrogen (secondary N) is 1. The van der Waals surface area contributed by atoms with E-state index in [4.69, 9.17) is 5.11 Å². The van der Waals surface area contributed by atoms with E-state index in [0.29, 0.717) is 6.42 Å². The zero-order valence-corrected chi connectivity index (χ0v) is 10.4. The van der Waals surface area contributed by atoms with Crippen molar-refractivity contribution in [3.63, 3.8) is 0 Å². The fourth-order valence-corrected chi connectivity index (χ4v) is 3.44. The van der Waals surface area contributed by atoms with Crippen LogP contribution in [-0.4, -0.2) is 54.6 Å². The Kier molecular flexibility index (Phi) is 4.47. The Labute approximate surface area is 99.8 Å². The Hall–Kier alpha value is -1.15. The summed E-state index contributed by atoms with van der Waals surface area (Å²) >= 11 is 0. The molecule has 1 heterocycles. The number of nitrogens with zero attached hydrogens (tertiary/aromatic N) is 1. The zero-order chi connectivity index (χ0) is 13.1. The molecule has 0 radical (unpaired) electrons. The molecule has 7 nitrogen and oxygen atoms in total. The topological polar surface area (TPSA) is 104 Å². The van der Waals surface area contributed by atoms with Gasteiger partial charge in [-0.15, -0.1) is 0 Å². The van der Waals surface area contributed by atoms with Gasteiger partial charge in [0.25, 0.3) is 0 Å². The summed E-state index contributed by atoms with van der Waals surface area (Å²) in [4.78, 5) is 22.2. The molecule has 1 aliphatic heterocycles. The monoisotopic (exact) mass is 264 g/mol. The number of carboxylic acid groups (broad SMARTS) is 1. The molecule has 0 aromatic carbocycles. The van der Waals surface area contributed by atoms with Gasteiger partial charge in [-0.2, -0.15) is 4.31 Å². The lowest BCUT2D eigenvalue weighted by molar-refractivity contribution is -0.141. The molecule has 1 atom stereocenters. The van der Waals surface area contributed by atoms with Gasteiger partial charge in [-0.3, -0.25) is 9.59 Å². The van der Waals surface area contributed by atoms with E-state index < -0.39 is 34.4 Å². The van der Waals surface area contributed by atoms with E-state index in [2.05, 4.69) is 5.32 Å². The highest BCUT2D eigenvalue weighted by Gasteiger charge is 2.38. The average molecular weight is 264 g/mol. The van der Waals surface area contributed by atoms with E-state index in [9.17, 15) is 18.0 Å². The highest BCUT2D eigenvalue weighted by Crippen LogP contribution is 2.15. The Bertz CT molecular complexity index is 406. The average Bonchev–Trinajstić information content (AvgIpc) is 2.20. The Morgan fingerprint density at radius 2 is 2.24 bits per heavy atom. The predicted octanol–water partition coefficient (Wildman–Crippen LogP) is -0.999. The van der Waals surface area contributed by atoms with Crippen LogP contribution in [0.15, 0.2) is 0 Å². The van der Waals surface area contributed by atoms with Crippen LogP contribution in [0.5, 0.6) is 0 Å². The van der Waals surface area contributed by atoms with Crippen LogP contribution < -0.4 is 5.32 Å². The number of carbonyl (C=O) groups is 2. The quantitative estimate of drug-likeness (QED) is 0.663. The first kappa shape index (κ1) is 13.9. The van der Waals surface area contributed by atoms with Crippen molar-refractivity contribution in [2.24, 2.45) is 0 Å². The summed E-state index contributed by atoms with van der Waals surface area (Å²) in [5.74, 6) is -1.81. The van der Waals surface area contributed by atoms with Crippen molar-refractivity contribution in [1.82, 2.24) is 9.62 Å². The number of amides is 1. The van der Waals surface area contributed by atoms with Crippen LogP contribution in [0, 0.1) is 0 Å². The molecule has 0 aromatic rings. The molecule has 1 amide bonds. The molecule has 17 heavy (non-hydrogen) atoms. The smallest absolute Gasteiger partial charge is 0.305 e. The Morgan fingerprint density at radius 1 is 1.59 bits per heavy atom. The second-order valence-electron chi connectivity index (χ2n) is 3.83. The first-order chi connectivity index (χ1) is 7.88. The Balaban J connectivity index is 2.93. The molecular weight excluding hydrogens is 248 g/mol. The van der Waals surface area contributed by atoms with Gasteiger partial charge in [0, 0.05) is 13.1 Å². The SMILES string of the molecule is CCCS(=O)(=O)N1CCNC(=O)C1CC(=O)O. The predicted molar refractivity (Wildman–Crippen MR) is 59.8 cm³/mol. The summed E-state index contributed by atoms with van der Waals surface area (Å²) in [5.41, 5.74) is 0. The highest BCUT2D eigenvalue weighted by molar-refractivity contribution is 7.89. The number of carbonyl (C=O) groups excluding carboxylic acids is 1. The molecule has 0 saturated carbocycles. The molecule has 1 aliphatic rings. The minimum atomic E-state index is -3.55. The first-order valence-electron chi connectivity index (χ1n) is 5.37. The molecule has 0 bridgehead atoms. The molecular formula is C9H16N2O5S. The zero-order valence-electron chi connectivity index (χ0n) is 9.55. The van der Waals surface area contributed by atoms with E-state index >= 15 is 0 Å². The summed E-state index contributed by atoms with van der Waals surface area (Å²) in [6.45, 7) is 2.07. The van der Waals surface area contributed by atoms with Crippen molar-refractivity contribution >= 4 is 21.9 Å². The van der Waals surface area contributed by atoms with Gasteiger partial charge in [0.2, 0.25) is 15.9 Å². The van der Waals surface area contributed by atoms with Gasteiger partial charge in [-0.05, 0) is 6.42 Å². The largest absolute Gasteiger partial charge is 0.481 e.